The summed E-state index contributed by atoms with van der Waals surface area (Å²) in [5, 5.41) is 2.16. The zero-order valence-corrected chi connectivity index (χ0v) is 16.6. The number of rotatable bonds is 11. The average molecular weight is 394 g/mol. The lowest BCUT2D eigenvalue weighted by Crippen LogP contribution is -2.47. The molecule has 0 saturated heterocycles. The van der Waals surface area contributed by atoms with Gasteiger partial charge in [0.2, 0.25) is 0 Å². The Bertz CT molecular complexity index is 596. The Morgan fingerprint density at radius 2 is 1.77 bits per heavy atom. The molecule has 0 aromatic rings. The van der Waals surface area contributed by atoms with Gasteiger partial charge in [-0.05, 0) is 47.1 Å². The van der Waals surface area contributed by atoms with Gasteiger partial charge in [0, 0.05) is 12.3 Å². The summed E-state index contributed by atoms with van der Waals surface area (Å²) in [6.45, 7) is 6.63. The Labute approximate surface area is 154 Å². The highest BCUT2D eigenvalue weighted by Crippen LogP contribution is 2.16. The minimum Gasteiger partial charge on any atom is -0.444 e. The van der Waals surface area contributed by atoms with E-state index < -0.39 is 45.3 Å². The van der Waals surface area contributed by atoms with Crippen LogP contribution in [0.4, 0.5) is 4.79 Å². The van der Waals surface area contributed by atoms with Crippen molar-refractivity contribution in [2.75, 3.05) is 12.3 Å². The van der Waals surface area contributed by atoms with Crippen molar-refractivity contribution in [2.24, 2.45) is 11.7 Å². The highest BCUT2D eigenvalue weighted by Gasteiger charge is 2.30. The molecule has 0 spiro atoms. The van der Waals surface area contributed by atoms with Gasteiger partial charge < -0.3 is 15.8 Å². The van der Waals surface area contributed by atoms with Gasteiger partial charge >= 0.3 is 6.09 Å². The van der Waals surface area contributed by atoms with Gasteiger partial charge in [0.15, 0.2) is 5.78 Å². The van der Waals surface area contributed by atoms with Crippen molar-refractivity contribution in [1.29, 1.82) is 0 Å². The molecule has 0 aromatic heterocycles. The fourth-order valence-corrected chi connectivity index (χ4v) is 2.94. The van der Waals surface area contributed by atoms with Crippen LogP contribution in [-0.2, 0) is 24.4 Å². The van der Waals surface area contributed by atoms with E-state index in [1.807, 2.05) is 0 Å². The molecule has 0 bridgehead atoms. The summed E-state index contributed by atoms with van der Waals surface area (Å²) >= 11 is 0. The van der Waals surface area contributed by atoms with Crippen molar-refractivity contribution >= 4 is 27.8 Å². The largest absolute Gasteiger partial charge is 0.444 e. The average Bonchev–Trinajstić information content (AvgIpc) is 2.41. The van der Waals surface area contributed by atoms with Crippen molar-refractivity contribution in [3.8, 4) is 0 Å². The summed E-state index contributed by atoms with van der Waals surface area (Å²) in [6, 6.07) is -1.50. The van der Waals surface area contributed by atoms with E-state index >= 15 is 0 Å². The first kappa shape index (κ1) is 24.5. The van der Waals surface area contributed by atoms with Crippen LogP contribution in [0, 0.1) is 5.92 Å². The van der Waals surface area contributed by atoms with E-state index in [0.29, 0.717) is 25.8 Å². The van der Waals surface area contributed by atoms with Gasteiger partial charge in [0.05, 0.1) is 0 Å². The Kier molecular flexibility index (Phi) is 9.97. The SMILES string of the molecule is CC(=O)[C@H](CCCCN)CC(=O)C(CS(=O)(=O)O)NC(=O)OC(C)(C)C. The molecule has 0 fully saturated rings. The number of ether oxygens (including phenoxy) is 1. The molecule has 0 aromatic carbocycles. The molecule has 10 heteroatoms. The van der Waals surface area contributed by atoms with Crippen LogP contribution in [0.15, 0.2) is 0 Å². The van der Waals surface area contributed by atoms with Crippen LogP contribution in [0.25, 0.3) is 0 Å². The number of hydrogen-bond donors (Lipinski definition) is 3. The van der Waals surface area contributed by atoms with Crippen LogP contribution in [0.3, 0.4) is 0 Å². The van der Waals surface area contributed by atoms with E-state index in [1.165, 1.54) is 6.92 Å². The van der Waals surface area contributed by atoms with Gasteiger partial charge in [-0.3, -0.25) is 14.1 Å². The van der Waals surface area contributed by atoms with Crippen LogP contribution < -0.4 is 11.1 Å². The molecule has 1 amide bonds. The molecular formula is C16H30N2O7S. The summed E-state index contributed by atoms with van der Waals surface area (Å²) in [5.41, 5.74) is 4.56. The summed E-state index contributed by atoms with van der Waals surface area (Å²) in [7, 11) is -4.53. The van der Waals surface area contributed by atoms with Crippen molar-refractivity contribution in [3.63, 3.8) is 0 Å². The zero-order valence-electron chi connectivity index (χ0n) is 15.8. The van der Waals surface area contributed by atoms with Gasteiger partial charge in [0.25, 0.3) is 10.1 Å². The lowest BCUT2D eigenvalue weighted by atomic mass is 9.91. The quantitative estimate of drug-likeness (QED) is 0.347. The Balaban J connectivity index is 5.13. The van der Waals surface area contributed by atoms with E-state index in [9.17, 15) is 22.8 Å². The predicted octanol–water partition coefficient (Wildman–Crippen LogP) is 1.06. The van der Waals surface area contributed by atoms with Crippen LogP contribution in [-0.4, -0.2) is 54.6 Å². The van der Waals surface area contributed by atoms with Crippen molar-refractivity contribution in [3.05, 3.63) is 0 Å². The molecular weight excluding hydrogens is 364 g/mol. The minimum atomic E-state index is -4.53. The third kappa shape index (κ3) is 11.9. The molecule has 0 heterocycles. The Morgan fingerprint density at radius 1 is 1.19 bits per heavy atom. The number of carbonyl (C=O) groups is 3. The summed E-state index contributed by atoms with van der Waals surface area (Å²) in [4.78, 5) is 36.0. The molecule has 0 radical (unpaired) electrons. The third-order valence-electron chi connectivity index (χ3n) is 3.49. The number of alkyl carbamates (subject to hydrolysis) is 1. The second kappa shape index (κ2) is 10.6. The highest BCUT2D eigenvalue weighted by atomic mass is 32.2. The maximum absolute atomic E-state index is 12.4. The third-order valence-corrected chi connectivity index (χ3v) is 4.24. The molecule has 2 atom stereocenters. The number of ketones is 2. The maximum Gasteiger partial charge on any atom is 0.408 e. The minimum absolute atomic E-state index is 0.210. The molecule has 0 saturated carbocycles. The van der Waals surface area contributed by atoms with Crippen LogP contribution >= 0.6 is 0 Å². The molecule has 26 heavy (non-hydrogen) atoms. The Hall–Kier alpha value is -1.52. The molecule has 0 aliphatic rings. The van der Waals surface area contributed by atoms with Crippen LogP contribution in [0.2, 0.25) is 0 Å². The molecule has 9 nitrogen and oxygen atoms in total. The second-order valence-corrected chi connectivity index (χ2v) is 8.71. The number of carbonyl (C=O) groups excluding carboxylic acids is 3. The van der Waals surface area contributed by atoms with Crippen LogP contribution in [0.1, 0.15) is 53.4 Å². The first-order valence-corrected chi connectivity index (χ1v) is 10.0. The molecule has 0 aliphatic heterocycles. The Morgan fingerprint density at radius 3 is 2.19 bits per heavy atom. The van der Waals surface area contributed by atoms with E-state index in [1.54, 1.807) is 20.8 Å². The zero-order chi connectivity index (χ0) is 20.5. The highest BCUT2D eigenvalue weighted by molar-refractivity contribution is 7.85. The van der Waals surface area contributed by atoms with Gasteiger partial charge in [-0.25, -0.2) is 4.79 Å². The lowest BCUT2D eigenvalue weighted by Gasteiger charge is -2.23. The van der Waals surface area contributed by atoms with Crippen molar-refractivity contribution in [2.45, 2.75) is 65.0 Å². The fourth-order valence-electron chi connectivity index (χ4n) is 2.24. The maximum atomic E-state index is 12.4. The van der Waals surface area contributed by atoms with E-state index in [4.69, 9.17) is 15.0 Å². The fraction of sp³-hybridized carbons (Fsp3) is 0.812. The normalized spacial score (nSPS) is 14.4. The van der Waals surface area contributed by atoms with Gasteiger partial charge in [-0.15, -0.1) is 0 Å². The van der Waals surface area contributed by atoms with E-state index in [0.717, 1.165) is 0 Å². The van der Waals surface area contributed by atoms with Crippen molar-refractivity contribution in [1.82, 2.24) is 5.32 Å². The number of unbranched alkanes of at least 4 members (excludes halogenated alkanes) is 1. The summed E-state index contributed by atoms with van der Waals surface area (Å²) in [6.07, 6.45) is 0.556. The first-order chi connectivity index (χ1) is 11.7. The smallest absolute Gasteiger partial charge is 0.408 e. The monoisotopic (exact) mass is 394 g/mol. The number of amides is 1. The standard InChI is InChI=1S/C16H30N2O7S/c1-11(19)12(7-5-6-8-17)9-14(20)13(10-26(22,23)24)18-15(21)25-16(2,3)4/h12-13H,5-10,17H2,1-4H3,(H,18,21)(H,22,23,24)/t12-,13?/m1/s1. The number of nitrogens with two attached hydrogens (primary N) is 1. The van der Waals surface area contributed by atoms with Crippen LogP contribution in [0.5, 0.6) is 0 Å². The molecule has 1 unspecified atom stereocenters. The summed E-state index contributed by atoms with van der Waals surface area (Å²) in [5.74, 6) is -2.46. The molecule has 4 N–H and O–H groups in total. The second-order valence-electron chi connectivity index (χ2n) is 7.21. The molecule has 0 aliphatic carbocycles. The lowest BCUT2D eigenvalue weighted by molar-refractivity contribution is -0.127. The van der Waals surface area contributed by atoms with Crippen molar-refractivity contribution < 1.29 is 32.1 Å². The molecule has 152 valence electrons. The van der Waals surface area contributed by atoms with E-state index in [-0.39, 0.29) is 12.2 Å². The molecule has 0 rings (SSSR count). The predicted molar refractivity (Wildman–Crippen MR) is 96.3 cm³/mol. The number of hydrogen-bond acceptors (Lipinski definition) is 7. The van der Waals surface area contributed by atoms with E-state index in [2.05, 4.69) is 5.32 Å². The van der Waals surface area contributed by atoms with Gasteiger partial charge in [-0.1, -0.05) is 6.42 Å². The first-order valence-electron chi connectivity index (χ1n) is 8.43. The number of Topliss-reactive ketones (excluding diaryl/α,β-unsaturated/α-hetero) is 2. The topological polar surface area (TPSA) is 153 Å². The van der Waals surface area contributed by atoms with Gasteiger partial charge in [-0.2, -0.15) is 8.42 Å². The van der Waals surface area contributed by atoms with Gasteiger partial charge in [0.1, 0.15) is 23.2 Å². The number of nitrogens with one attached hydrogen (secondary N) is 1. The summed E-state index contributed by atoms with van der Waals surface area (Å²) < 4.78 is 36.4.